The molecule has 0 aromatic heterocycles. The number of amides is 3. The van der Waals surface area contributed by atoms with Gasteiger partial charge in [0.2, 0.25) is 17.7 Å². The molecular weight excluding hydrogens is 524 g/mol. The first-order valence-corrected chi connectivity index (χ1v) is 14.7. The fourth-order valence-corrected chi connectivity index (χ4v) is 7.35. The predicted octanol–water partition coefficient (Wildman–Crippen LogP) is 0.667. The Kier molecular flexibility index (Phi) is 7.52. The Hall–Kier alpha value is -3.05. The normalized spacial score (nSPS) is 34.4. The van der Waals surface area contributed by atoms with E-state index in [0.717, 1.165) is 18.7 Å². The Bertz CT molecular complexity index is 1230. The largest absolute Gasteiger partial charge is 0.394 e. The van der Waals surface area contributed by atoms with E-state index in [4.69, 9.17) is 9.47 Å². The summed E-state index contributed by atoms with van der Waals surface area (Å²) < 4.78 is 12.3. The second-order valence-corrected chi connectivity index (χ2v) is 12.0. The van der Waals surface area contributed by atoms with Crippen molar-refractivity contribution < 1.29 is 29.0 Å². The fraction of sp³-hybridized carbons (Fsp3) is 0.581. The number of carbonyl (C=O) groups is 3. The third kappa shape index (κ3) is 4.70. The highest BCUT2D eigenvalue weighted by Gasteiger charge is 2.75. The minimum absolute atomic E-state index is 0.164. The Morgan fingerprint density at radius 3 is 2.37 bits per heavy atom. The first kappa shape index (κ1) is 28.1. The Balaban J connectivity index is 1.35. The minimum Gasteiger partial charge on any atom is -0.394 e. The van der Waals surface area contributed by atoms with Gasteiger partial charge in [0.05, 0.1) is 43.3 Å². The number of carbonyl (C=O) groups excluding carboxylic acids is 3. The number of nitrogens with zero attached hydrogens (tertiary/aromatic N) is 4. The van der Waals surface area contributed by atoms with Crippen LogP contribution in [0.1, 0.15) is 19.4 Å². The van der Waals surface area contributed by atoms with Gasteiger partial charge in [-0.3, -0.25) is 19.3 Å². The molecule has 6 rings (SSSR count). The van der Waals surface area contributed by atoms with E-state index in [-0.39, 0.29) is 24.3 Å². The summed E-state index contributed by atoms with van der Waals surface area (Å²) in [6.07, 6.45) is 7.61. The quantitative estimate of drug-likeness (QED) is 0.486. The summed E-state index contributed by atoms with van der Waals surface area (Å²) in [6.45, 7) is 8.68. The first-order chi connectivity index (χ1) is 19.8. The number of ether oxygens (including phenoxy) is 2. The van der Waals surface area contributed by atoms with Crippen molar-refractivity contribution in [1.29, 1.82) is 0 Å². The molecule has 3 amide bonds. The first-order valence-electron chi connectivity index (χ1n) is 14.7. The number of aliphatic hydroxyl groups excluding tert-OH is 1. The average molecular weight is 565 g/mol. The summed E-state index contributed by atoms with van der Waals surface area (Å²) >= 11 is 0. The molecule has 5 heterocycles. The molecule has 1 unspecified atom stereocenters. The number of hydrogen-bond donors (Lipinski definition) is 1. The van der Waals surface area contributed by atoms with Crippen LogP contribution in [0.3, 0.4) is 0 Å². The Labute approximate surface area is 241 Å². The van der Waals surface area contributed by atoms with Crippen LogP contribution in [0, 0.1) is 11.8 Å². The molecule has 3 fully saturated rings. The highest BCUT2D eigenvalue weighted by Crippen LogP contribution is 2.57. The predicted molar refractivity (Wildman–Crippen MR) is 150 cm³/mol. The number of morpholine rings is 1. The Morgan fingerprint density at radius 2 is 1.63 bits per heavy atom. The Morgan fingerprint density at radius 1 is 0.927 bits per heavy atom. The van der Waals surface area contributed by atoms with Crippen LogP contribution in [0.4, 0.5) is 0 Å². The van der Waals surface area contributed by atoms with E-state index in [1.165, 1.54) is 4.90 Å². The van der Waals surface area contributed by atoms with Crippen LogP contribution >= 0.6 is 0 Å². The minimum atomic E-state index is -1.32. The van der Waals surface area contributed by atoms with Crippen molar-refractivity contribution >= 4 is 17.7 Å². The van der Waals surface area contributed by atoms with Gasteiger partial charge in [-0.2, -0.15) is 0 Å². The van der Waals surface area contributed by atoms with Gasteiger partial charge in [0, 0.05) is 45.8 Å². The topological polar surface area (TPSA) is 103 Å². The number of likely N-dealkylation sites (tertiary alicyclic amines) is 1. The molecule has 1 aromatic carbocycles. The highest BCUT2D eigenvalue weighted by atomic mass is 16.5. The van der Waals surface area contributed by atoms with Gasteiger partial charge in [-0.1, -0.05) is 54.6 Å². The summed E-state index contributed by atoms with van der Waals surface area (Å²) in [7, 11) is 0. The van der Waals surface area contributed by atoms with E-state index in [0.29, 0.717) is 45.9 Å². The molecule has 0 saturated carbocycles. The molecule has 10 nitrogen and oxygen atoms in total. The molecule has 0 bridgehead atoms. The van der Waals surface area contributed by atoms with Gasteiger partial charge in [0.15, 0.2) is 0 Å². The van der Waals surface area contributed by atoms with E-state index in [1.807, 2.05) is 61.6 Å². The second-order valence-electron chi connectivity index (χ2n) is 12.0. The van der Waals surface area contributed by atoms with Gasteiger partial charge in [-0.15, -0.1) is 0 Å². The maximum Gasteiger partial charge on any atom is 0.249 e. The zero-order valence-corrected chi connectivity index (χ0v) is 23.9. The maximum absolute atomic E-state index is 14.4. The zero-order chi connectivity index (χ0) is 28.8. The van der Waals surface area contributed by atoms with Crippen LogP contribution < -0.4 is 0 Å². The molecule has 5 aliphatic rings. The smallest absolute Gasteiger partial charge is 0.249 e. The summed E-state index contributed by atoms with van der Waals surface area (Å²) in [4.78, 5) is 50.3. The lowest BCUT2D eigenvalue weighted by atomic mass is 9.74. The number of aliphatic hydroxyl groups is 1. The SMILES string of the molecule is C[C@H](CO)N1C(=O)[C@@H]2[C@@H]3C(=O)N(Cc4ccccc4)CC=C[C@]3(C)O[C@@]23C=CCN(CCN2CCOCC2)C(=O)C13. The van der Waals surface area contributed by atoms with Crippen molar-refractivity contribution in [2.75, 3.05) is 59.1 Å². The second kappa shape index (κ2) is 11.0. The van der Waals surface area contributed by atoms with E-state index in [2.05, 4.69) is 4.90 Å². The van der Waals surface area contributed by atoms with Crippen molar-refractivity contribution in [3.8, 4) is 0 Å². The summed E-state index contributed by atoms with van der Waals surface area (Å²) in [5.41, 5.74) is -1.39. The van der Waals surface area contributed by atoms with Crippen LogP contribution in [0.15, 0.2) is 54.6 Å². The zero-order valence-electron chi connectivity index (χ0n) is 23.9. The maximum atomic E-state index is 14.4. The number of hydrogen-bond acceptors (Lipinski definition) is 7. The van der Waals surface area contributed by atoms with Crippen LogP contribution in [0.5, 0.6) is 0 Å². The standard InChI is InChI=1S/C31H40N4O6/c1-22(21-36)35-26-29(39)33(15-14-32-16-18-40-19-17-32)12-7-11-31(26)25(28(35)38)24-27(37)34(13-6-10-30(24,2)41-31)20-23-8-4-3-5-9-23/h3-11,22,24-26,36H,12-21H2,1-2H3/t22-,24-,25+,26?,30+,31+/m1/s1. The molecule has 41 heavy (non-hydrogen) atoms. The van der Waals surface area contributed by atoms with E-state index >= 15 is 0 Å². The molecule has 3 saturated heterocycles. The van der Waals surface area contributed by atoms with Gasteiger partial charge < -0.3 is 29.3 Å². The molecule has 0 aliphatic carbocycles. The molecule has 0 radical (unpaired) electrons. The van der Waals surface area contributed by atoms with E-state index < -0.39 is 35.1 Å². The third-order valence-electron chi connectivity index (χ3n) is 9.41. The van der Waals surface area contributed by atoms with Crippen molar-refractivity contribution in [2.24, 2.45) is 11.8 Å². The van der Waals surface area contributed by atoms with Gasteiger partial charge in [0.1, 0.15) is 11.6 Å². The van der Waals surface area contributed by atoms with Gasteiger partial charge in [-0.25, -0.2) is 0 Å². The highest BCUT2D eigenvalue weighted by molar-refractivity contribution is 6.00. The summed E-state index contributed by atoms with van der Waals surface area (Å²) in [5, 5.41) is 10.2. The monoisotopic (exact) mass is 564 g/mol. The van der Waals surface area contributed by atoms with E-state index in [9.17, 15) is 19.5 Å². The molecular formula is C31H40N4O6. The lowest BCUT2D eigenvalue weighted by molar-refractivity contribution is -0.155. The van der Waals surface area contributed by atoms with Crippen molar-refractivity contribution in [3.05, 3.63) is 60.2 Å². The summed E-state index contributed by atoms with van der Waals surface area (Å²) in [6, 6.07) is 8.19. The third-order valence-corrected chi connectivity index (χ3v) is 9.41. The fourth-order valence-electron chi connectivity index (χ4n) is 7.35. The van der Waals surface area contributed by atoms with Crippen molar-refractivity contribution in [1.82, 2.24) is 19.6 Å². The van der Waals surface area contributed by atoms with Gasteiger partial charge in [-0.05, 0) is 19.4 Å². The number of rotatable bonds is 7. The van der Waals surface area contributed by atoms with Crippen LogP contribution in [-0.4, -0.2) is 125 Å². The summed E-state index contributed by atoms with van der Waals surface area (Å²) in [5.74, 6) is -2.39. The van der Waals surface area contributed by atoms with Crippen LogP contribution in [0.2, 0.25) is 0 Å². The van der Waals surface area contributed by atoms with Gasteiger partial charge in [0.25, 0.3) is 0 Å². The molecule has 1 aromatic rings. The molecule has 1 spiro atoms. The number of fused-ring (bicyclic) bond motifs is 2. The lowest BCUT2D eigenvalue weighted by Gasteiger charge is -2.39. The van der Waals surface area contributed by atoms with E-state index in [1.54, 1.807) is 16.7 Å². The molecule has 220 valence electrons. The van der Waals surface area contributed by atoms with Crippen LogP contribution in [0.25, 0.3) is 0 Å². The van der Waals surface area contributed by atoms with Crippen LogP contribution in [-0.2, 0) is 30.4 Å². The lowest BCUT2D eigenvalue weighted by Crippen LogP contribution is -2.58. The number of benzene rings is 1. The molecule has 6 atom stereocenters. The van der Waals surface area contributed by atoms with Crippen molar-refractivity contribution in [3.63, 3.8) is 0 Å². The van der Waals surface area contributed by atoms with Gasteiger partial charge >= 0.3 is 0 Å². The van der Waals surface area contributed by atoms with Crippen molar-refractivity contribution in [2.45, 2.75) is 43.7 Å². The molecule has 1 N–H and O–H groups in total. The molecule has 10 heteroatoms. The molecule has 5 aliphatic heterocycles. The average Bonchev–Trinajstić information content (AvgIpc) is 3.27.